The largest absolute Gasteiger partial charge is 0.331 e. The molecule has 0 unspecified atom stereocenters. The number of rotatable bonds is 13. The highest BCUT2D eigenvalue weighted by atomic mass is 19.2. The van der Waals surface area contributed by atoms with Gasteiger partial charge in [-0.15, -0.1) is 0 Å². The average molecular weight is 319 g/mol. The smallest absolute Gasteiger partial charge is 0.251 e. The fraction of sp³-hybridized carbons (Fsp3) is 0.941. The zero-order chi connectivity index (χ0) is 17.0. The van der Waals surface area contributed by atoms with Crippen molar-refractivity contribution in [3.63, 3.8) is 0 Å². The average Bonchev–Trinajstić information content (AvgIpc) is 2.44. The van der Waals surface area contributed by atoms with Crippen molar-refractivity contribution in [2.75, 3.05) is 53.9 Å². The Morgan fingerprint density at radius 3 is 1.91 bits per heavy atom. The quantitative estimate of drug-likeness (QED) is 0.385. The number of carbonyl (C=O) groups is 1. The molecule has 132 valence electrons. The standard InChI is InChI=1S/C17H37FN3O/c1-6-8-12-19(13-9-7-2)15-11-17(22)20(18)14-10-16-21(3,4)5/h6-16H2,1-5H3/q+1. The van der Waals surface area contributed by atoms with Gasteiger partial charge >= 0.3 is 0 Å². The first-order valence-corrected chi connectivity index (χ1v) is 8.79. The monoisotopic (exact) mass is 318 g/mol. The summed E-state index contributed by atoms with van der Waals surface area (Å²) in [4.78, 5) is 14.2. The molecule has 0 aromatic carbocycles. The van der Waals surface area contributed by atoms with E-state index in [0.717, 1.165) is 49.8 Å². The summed E-state index contributed by atoms with van der Waals surface area (Å²) in [6.45, 7) is 8.11. The minimum absolute atomic E-state index is 0.207. The molecule has 1 amide bonds. The third-order valence-corrected chi connectivity index (χ3v) is 3.75. The van der Waals surface area contributed by atoms with E-state index in [-0.39, 0.29) is 18.9 Å². The van der Waals surface area contributed by atoms with Gasteiger partial charge in [0.25, 0.3) is 5.91 Å². The summed E-state index contributed by atoms with van der Waals surface area (Å²) in [5, 5.41) is 0.410. The van der Waals surface area contributed by atoms with Gasteiger partial charge in [-0.25, -0.2) is 0 Å². The molecule has 22 heavy (non-hydrogen) atoms. The molecule has 0 N–H and O–H groups in total. The molecule has 0 fully saturated rings. The maximum atomic E-state index is 13.8. The lowest BCUT2D eigenvalue weighted by molar-refractivity contribution is -0.870. The molecule has 0 aliphatic carbocycles. The Hall–Kier alpha value is -0.680. The lowest BCUT2D eigenvalue weighted by Gasteiger charge is -2.25. The highest BCUT2D eigenvalue weighted by molar-refractivity contribution is 5.75. The van der Waals surface area contributed by atoms with Crippen LogP contribution in [0.25, 0.3) is 0 Å². The first-order valence-electron chi connectivity index (χ1n) is 8.79. The van der Waals surface area contributed by atoms with E-state index in [9.17, 15) is 9.28 Å². The van der Waals surface area contributed by atoms with E-state index >= 15 is 0 Å². The van der Waals surface area contributed by atoms with Crippen molar-refractivity contribution < 1.29 is 13.8 Å². The maximum absolute atomic E-state index is 13.8. The normalized spacial score (nSPS) is 12.0. The van der Waals surface area contributed by atoms with Crippen molar-refractivity contribution in [3.05, 3.63) is 0 Å². The zero-order valence-corrected chi connectivity index (χ0v) is 15.4. The van der Waals surface area contributed by atoms with Gasteiger partial charge in [0.15, 0.2) is 0 Å². The fourth-order valence-electron chi connectivity index (χ4n) is 2.28. The number of hydrogen-bond donors (Lipinski definition) is 0. The number of carbonyl (C=O) groups excluding carboxylic acids is 1. The summed E-state index contributed by atoms with van der Waals surface area (Å²) in [6.07, 6.45) is 5.56. The number of halogens is 1. The lowest BCUT2D eigenvalue weighted by atomic mass is 10.2. The van der Waals surface area contributed by atoms with E-state index in [1.165, 1.54) is 0 Å². The van der Waals surface area contributed by atoms with Crippen LogP contribution >= 0.6 is 0 Å². The molecule has 0 aliphatic rings. The van der Waals surface area contributed by atoms with Crippen LogP contribution in [0.3, 0.4) is 0 Å². The van der Waals surface area contributed by atoms with Crippen molar-refractivity contribution >= 4 is 5.91 Å². The molecule has 4 nitrogen and oxygen atoms in total. The summed E-state index contributed by atoms with van der Waals surface area (Å²) in [5.41, 5.74) is 0. The van der Waals surface area contributed by atoms with Crippen LogP contribution in [0, 0.1) is 0 Å². The Labute approximate surface area is 136 Å². The molecule has 0 heterocycles. The predicted octanol–water partition coefficient (Wildman–Crippen LogP) is 3.09. The van der Waals surface area contributed by atoms with E-state index < -0.39 is 0 Å². The second-order valence-corrected chi connectivity index (χ2v) is 7.15. The van der Waals surface area contributed by atoms with E-state index in [0.29, 0.717) is 18.1 Å². The van der Waals surface area contributed by atoms with E-state index in [1.807, 2.05) is 0 Å². The SMILES string of the molecule is CCCCN(CCCC)CCC(=O)N(F)CCC[N+](C)(C)C. The second kappa shape index (κ2) is 11.8. The van der Waals surface area contributed by atoms with Gasteiger partial charge in [-0.1, -0.05) is 31.2 Å². The van der Waals surface area contributed by atoms with E-state index in [1.54, 1.807) is 0 Å². The van der Waals surface area contributed by atoms with Gasteiger partial charge in [0.1, 0.15) is 0 Å². The highest BCUT2D eigenvalue weighted by Gasteiger charge is 2.16. The van der Waals surface area contributed by atoms with Crippen LogP contribution in [-0.2, 0) is 4.79 Å². The zero-order valence-electron chi connectivity index (χ0n) is 15.4. The number of amides is 1. The molecule has 0 rings (SSSR count). The molecule has 0 saturated heterocycles. The number of unbranched alkanes of at least 4 members (excludes halogenated alkanes) is 2. The van der Waals surface area contributed by atoms with E-state index in [2.05, 4.69) is 39.9 Å². The fourth-order valence-corrected chi connectivity index (χ4v) is 2.28. The van der Waals surface area contributed by atoms with Crippen molar-refractivity contribution in [3.8, 4) is 0 Å². The third kappa shape index (κ3) is 11.9. The molecular weight excluding hydrogens is 281 g/mol. The molecule has 0 spiro atoms. The predicted molar refractivity (Wildman–Crippen MR) is 91.2 cm³/mol. The topological polar surface area (TPSA) is 23.6 Å². The first-order chi connectivity index (χ1) is 10.3. The van der Waals surface area contributed by atoms with Crippen molar-refractivity contribution in [2.24, 2.45) is 0 Å². The molecule has 0 bridgehead atoms. The third-order valence-electron chi connectivity index (χ3n) is 3.75. The molecule has 0 aromatic heterocycles. The van der Waals surface area contributed by atoms with Gasteiger partial charge in [-0.05, 0) is 25.9 Å². The summed E-state index contributed by atoms with van der Waals surface area (Å²) in [5.74, 6) is -0.376. The van der Waals surface area contributed by atoms with E-state index in [4.69, 9.17) is 0 Å². The van der Waals surface area contributed by atoms with Crippen molar-refractivity contribution in [1.82, 2.24) is 10.0 Å². The Balaban J connectivity index is 4.03. The molecule has 0 saturated carbocycles. The minimum atomic E-state index is -0.376. The van der Waals surface area contributed by atoms with Gasteiger partial charge < -0.3 is 9.38 Å². The highest BCUT2D eigenvalue weighted by Crippen LogP contribution is 2.04. The molecule has 0 atom stereocenters. The second-order valence-electron chi connectivity index (χ2n) is 7.15. The summed E-state index contributed by atoms with van der Waals surface area (Å²) in [7, 11) is 6.22. The summed E-state index contributed by atoms with van der Waals surface area (Å²) >= 11 is 0. The van der Waals surface area contributed by atoms with Crippen LogP contribution in [0.4, 0.5) is 4.48 Å². The number of nitrogens with zero attached hydrogens (tertiary/aromatic N) is 3. The molecule has 0 aliphatic heterocycles. The van der Waals surface area contributed by atoms with Gasteiger partial charge in [0.05, 0.1) is 34.2 Å². The van der Waals surface area contributed by atoms with Crippen LogP contribution < -0.4 is 0 Å². The maximum Gasteiger partial charge on any atom is 0.251 e. The molecular formula is C17H37FN3O+. The van der Waals surface area contributed by atoms with Gasteiger partial charge in [0.2, 0.25) is 0 Å². The number of hydrogen-bond acceptors (Lipinski definition) is 2. The first kappa shape index (κ1) is 21.3. The van der Waals surface area contributed by atoms with Crippen molar-refractivity contribution in [1.29, 1.82) is 0 Å². The van der Waals surface area contributed by atoms with Crippen LogP contribution in [0.2, 0.25) is 0 Å². The van der Waals surface area contributed by atoms with Crippen LogP contribution in [0.5, 0.6) is 0 Å². The van der Waals surface area contributed by atoms with Crippen LogP contribution in [0.1, 0.15) is 52.4 Å². The van der Waals surface area contributed by atoms with Crippen molar-refractivity contribution in [2.45, 2.75) is 52.4 Å². The van der Waals surface area contributed by atoms with Gasteiger partial charge in [-0.3, -0.25) is 4.79 Å². The van der Waals surface area contributed by atoms with Gasteiger partial charge in [-0.2, -0.15) is 5.12 Å². The summed E-state index contributed by atoms with van der Waals surface area (Å²) in [6, 6.07) is 0. The van der Waals surface area contributed by atoms with Crippen LogP contribution in [-0.4, -0.2) is 74.3 Å². The Kier molecular flexibility index (Phi) is 11.5. The number of quaternary nitrogens is 1. The Morgan fingerprint density at radius 1 is 0.909 bits per heavy atom. The summed E-state index contributed by atoms with van der Waals surface area (Å²) < 4.78 is 14.6. The lowest BCUT2D eigenvalue weighted by Crippen LogP contribution is -2.37. The minimum Gasteiger partial charge on any atom is -0.331 e. The molecule has 0 radical (unpaired) electrons. The van der Waals surface area contributed by atoms with Gasteiger partial charge in [0, 0.05) is 19.4 Å². The Bertz CT molecular complexity index is 284. The molecule has 5 heteroatoms. The molecule has 0 aromatic rings. The van der Waals surface area contributed by atoms with Crippen LogP contribution in [0.15, 0.2) is 0 Å². The Morgan fingerprint density at radius 2 is 1.45 bits per heavy atom.